The average Bonchev–Trinajstić information content (AvgIpc) is 3.12. The van der Waals surface area contributed by atoms with Crippen LogP contribution in [0.2, 0.25) is 0 Å². The van der Waals surface area contributed by atoms with Crippen molar-refractivity contribution >= 4 is 39.4 Å². The highest BCUT2D eigenvalue weighted by atomic mass is 79.9. The minimum atomic E-state index is -4.75. The van der Waals surface area contributed by atoms with E-state index in [-0.39, 0.29) is 17.2 Å². The fourth-order valence-corrected chi connectivity index (χ4v) is 4.53. The predicted octanol–water partition coefficient (Wildman–Crippen LogP) is 5.64. The molecule has 1 atom stereocenters. The fourth-order valence-electron chi connectivity index (χ4n) is 2.73. The maximum atomic E-state index is 12.7. The van der Waals surface area contributed by atoms with E-state index in [1.165, 1.54) is 12.1 Å². The monoisotopic (exact) mass is 476 g/mol. The van der Waals surface area contributed by atoms with Crippen LogP contribution >= 0.6 is 27.7 Å². The number of methoxy groups -OCH3 is 1. The Bertz CT molecular complexity index is 849. The molecular formula is C18H16BrF3N2O3S. The third-order valence-electron chi connectivity index (χ3n) is 3.95. The van der Waals surface area contributed by atoms with Crippen LogP contribution in [0.25, 0.3) is 0 Å². The summed E-state index contributed by atoms with van der Waals surface area (Å²) in [6.45, 7) is 0.556. The SMILES string of the molecule is COc1ccc(C2SCCN2C(=O)Nc2ccc(OC(F)(F)F)cc2)cc1Br. The first-order valence-electron chi connectivity index (χ1n) is 8.15. The van der Waals surface area contributed by atoms with Gasteiger partial charge in [-0.25, -0.2) is 4.79 Å². The molecule has 10 heteroatoms. The number of alkyl halides is 3. The molecule has 1 heterocycles. The number of hydrogen-bond acceptors (Lipinski definition) is 4. The van der Waals surface area contributed by atoms with Gasteiger partial charge in [-0.15, -0.1) is 24.9 Å². The number of carbonyl (C=O) groups is 1. The van der Waals surface area contributed by atoms with Crippen LogP contribution in [0.5, 0.6) is 11.5 Å². The smallest absolute Gasteiger partial charge is 0.496 e. The van der Waals surface area contributed by atoms with Crippen LogP contribution in [-0.4, -0.2) is 36.7 Å². The molecule has 5 nitrogen and oxygen atoms in total. The maximum Gasteiger partial charge on any atom is 0.573 e. The summed E-state index contributed by atoms with van der Waals surface area (Å²) in [5, 5.41) is 2.54. The lowest BCUT2D eigenvalue weighted by molar-refractivity contribution is -0.274. The van der Waals surface area contributed by atoms with Gasteiger partial charge in [0.15, 0.2) is 0 Å². The van der Waals surface area contributed by atoms with E-state index < -0.39 is 6.36 Å². The normalized spacial score (nSPS) is 16.8. The molecule has 1 aliphatic heterocycles. The summed E-state index contributed by atoms with van der Waals surface area (Å²) in [4.78, 5) is 14.4. The third-order valence-corrected chi connectivity index (χ3v) is 5.83. The minimum absolute atomic E-state index is 0.171. The van der Waals surface area contributed by atoms with Gasteiger partial charge < -0.3 is 19.7 Å². The highest BCUT2D eigenvalue weighted by Gasteiger charge is 2.32. The summed E-state index contributed by atoms with van der Waals surface area (Å²) in [6.07, 6.45) is -4.75. The lowest BCUT2D eigenvalue weighted by Crippen LogP contribution is -2.34. The van der Waals surface area contributed by atoms with E-state index in [0.29, 0.717) is 18.0 Å². The number of ether oxygens (including phenoxy) is 2. The van der Waals surface area contributed by atoms with Crippen LogP contribution in [-0.2, 0) is 0 Å². The molecule has 1 unspecified atom stereocenters. The fraction of sp³-hybridized carbons (Fsp3) is 0.278. The number of anilines is 1. The molecule has 0 bridgehead atoms. The zero-order chi connectivity index (χ0) is 20.3. The molecule has 0 aliphatic carbocycles. The van der Waals surface area contributed by atoms with Crippen molar-refractivity contribution in [1.29, 1.82) is 0 Å². The quantitative estimate of drug-likeness (QED) is 0.620. The van der Waals surface area contributed by atoms with Gasteiger partial charge in [0.05, 0.1) is 11.6 Å². The second-order valence-corrected chi connectivity index (χ2v) is 7.86. The number of nitrogens with one attached hydrogen (secondary N) is 1. The first-order valence-corrected chi connectivity index (χ1v) is 9.99. The number of hydrogen-bond donors (Lipinski definition) is 1. The molecule has 1 fully saturated rings. The number of benzene rings is 2. The summed E-state index contributed by atoms with van der Waals surface area (Å²) < 4.78 is 46.5. The van der Waals surface area contributed by atoms with Gasteiger partial charge in [0.2, 0.25) is 0 Å². The van der Waals surface area contributed by atoms with Gasteiger partial charge in [-0.05, 0) is 57.9 Å². The maximum absolute atomic E-state index is 12.7. The number of nitrogens with zero attached hydrogens (tertiary/aromatic N) is 1. The number of amides is 2. The highest BCUT2D eigenvalue weighted by molar-refractivity contribution is 9.10. The Balaban J connectivity index is 1.68. The largest absolute Gasteiger partial charge is 0.573 e. The summed E-state index contributed by atoms with van der Waals surface area (Å²) >= 11 is 5.08. The van der Waals surface area contributed by atoms with E-state index >= 15 is 0 Å². The van der Waals surface area contributed by atoms with Gasteiger partial charge in [0.1, 0.15) is 16.9 Å². The molecule has 2 amide bonds. The van der Waals surface area contributed by atoms with Gasteiger partial charge in [0, 0.05) is 18.0 Å². The molecule has 0 saturated carbocycles. The van der Waals surface area contributed by atoms with Crippen molar-refractivity contribution < 1.29 is 27.4 Å². The van der Waals surface area contributed by atoms with Crippen LogP contribution in [0.15, 0.2) is 46.9 Å². The molecule has 28 heavy (non-hydrogen) atoms. The molecule has 0 spiro atoms. The zero-order valence-corrected chi connectivity index (χ0v) is 17.0. The zero-order valence-electron chi connectivity index (χ0n) is 14.6. The Labute approximate surface area is 172 Å². The number of rotatable bonds is 4. The highest BCUT2D eigenvalue weighted by Crippen LogP contribution is 2.40. The molecule has 1 aliphatic rings. The first kappa shape index (κ1) is 20.7. The Morgan fingerprint density at radius 1 is 1.25 bits per heavy atom. The summed E-state index contributed by atoms with van der Waals surface area (Å²) in [7, 11) is 1.58. The van der Waals surface area contributed by atoms with Gasteiger partial charge in [-0.1, -0.05) is 6.07 Å². The second-order valence-electron chi connectivity index (χ2n) is 5.81. The Morgan fingerprint density at radius 3 is 2.57 bits per heavy atom. The van der Waals surface area contributed by atoms with Crippen LogP contribution in [0, 0.1) is 0 Å². The lowest BCUT2D eigenvalue weighted by Gasteiger charge is -2.25. The molecule has 3 rings (SSSR count). The molecule has 0 radical (unpaired) electrons. The number of halogens is 4. The van der Waals surface area contributed by atoms with Gasteiger partial charge >= 0.3 is 12.4 Å². The van der Waals surface area contributed by atoms with E-state index in [1.807, 2.05) is 18.2 Å². The van der Waals surface area contributed by atoms with E-state index in [4.69, 9.17) is 4.74 Å². The van der Waals surface area contributed by atoms with Crippen molar-refractivity contribution in [2.75, 3.05) is 24.7 Å². The molecule has 1 saturated heterocycles. The molecule has 150 valence electrons. The van der Waals surface area contributed by atoms with E-state index in [1.54, 1.807) is 23.8 Å². The minimum Gasteiger partial charge on any atom is -0.496 e. The van der Waals surface area contributed by atoms with E-state index in [9.17, 15) is 18.0 Å². The molecule has 1 N–H and O–H groups in total. The van der Waals surface area contributed by atoms with Gasteiger partial charge in [0.25, 0.3) is 0 Å². The number of carbonyl (C=O) groups excluding carboxylic acids is 1. The van der Waals surface area contributed by atoms with E-state index in [0.717, 1.165) is 27.9 Å². The van der Waals surface area contributed by atoms with E-state index in [2.05, 4.69) is 26.0 Å². The number of urea groups is 1. The van der Waals surface area contributed by atoms with Crippen molar-refractivity contribution in [1.82, 2.24) is 4.90 Å². The molecule has 2 aromatic rings. The van der Waals surface area contributed by atoms with Gasteiger partial charge in [-0.2, -0.15) is 0 Å². The van der Waals surface area contributed by atoms with Crippen LogP contribution < -0.4 is 14.8 Å². The lowest BCUT2D eigenvalue weighted by atomic mass is 10.2. The second kappa shape index (κ2) is 8.52. The molecular weight excluding hydrogens is 461 g/mol. The Kier molecular flexibility index (Phi) is 6.29. The topological polar surface area (TPSA) is 50.8 Å². The Morgan fingerprint density at radius 2 is 1.96 bits per heavy atom. The van der Waals surface area contributed by atoms with Crippen molar-refractivity contribution in [2.45, 2.75) is 11.7 Å². The molecule has 2 aromatic carbocycles. The van der Waals surface area contributed by atoms with Crippen LogP contribution in [0.1, 0.15) is 10.9 Å². The summed E-state index contributed by atoms with van der Waals surface area (Å²) in [5.74, 6) is 1.13. The van der Waals surface area contributed by atoms with Crippen molar-refractivity contribution in [3.8, 4) is 11.5 Å². The van der Waals surface area contributed by atoms with Crippen molar-refractivity contribution in [3.63, 3.8) is 0 Å². The first-order chi connectivity index (χ1) is 13.3. The van der Waals surface area contributed by atoms with Crippen molar-refractivity contribution in [3.05, 3.63) is 52.5 Å². The third kappa shape index (κ3) is 5.05. The summed E-state index contributed by atoms with van der Waals surface area (Å²) in [5.41, 5.74) is 1.32. The standard InChI is InChI=1S/C18H16BrF3N2O3S/c1-26-15-7-2-11(10-14(15)19)16-24(8-9-28-16)17(25)23-12-3-5-13(6-4-12)27-18(20,21)22/h2-7,10,16H,8-9H2,1H3,(H,23,25). The number of thioether (sulfide) groups is 1. The molecule has 0 aromatic heterocycles. The van der Waals surface area contributed by atoms with Crippen LogP contribution in [0.3, 0.4) is 0 Å². The Hall–Kier alpha value is -2.07. The average molecular weight is 477 g/mol. The predicted molar refractivity (Wildman–Crippen MR) is 105 cm³/mol. The van der Waals surface area contributed by atoms with Crippen LogP contribution in [0.4, 0.5) is 23.7 Å². The van der Waals surface area contributed by atoms with Crippen molar-refractivity contribution in [2.24, 2.45) is 0 Å². The summed E-state index contributed by atoms with van der Waals surface area (Å²) in [6, 6.07) is 10.3. The van der Waals surface area contributed by atoms with Gasteiger partial charge in [-0.3, -0.25) is 0 Å².